The molecule has 1 aliphatic heterocycles. The van der Waals surface area contributed by atoms with Gasteiger partial charge in [0.25, 0.3) is 0 Å². The smallest absolute Gasteiger partial charge is 0.140 e. The van der Waals surface area contributed by atoms with E-state index >= 15 is 0 Å². The zero-order valence-corrected chi connectivity index (χ0v) is 17.1. The molecule has 140 valence electrons. The zero-order chi connectivity index (χ0) is 19.0. The van der Waals surface area contributed by atoms with Crippen molar-refractivity contribution in [2.75, 3.05) is 24.8 Å². The Morgan fingerprint density at radius 3 is 2.74 bits per heavy atom. The predicted octanol–water partition coefficient (Wildman–Crippen LogP) is 5.12. The minimum Gasteiger partial charge on any atom is -0.497 e. The molecule has 27 heavy (non-hydrogen) atoms. The lowest BCUT2D eigenvalue weighted by atomic mass is 9.86. The predicted molar refractivity (Wildman–Crippen MR) is 113 cm³/mol. The van der Waals surface area contributed by atoms with Crippen LogP contribution in [0, 0.1) is 5.92 Å². The summed E-state index contributed by atoms with van der Waals surface area (Å²) >= 11 is 1.75. The maximum absolute atomic E-state index is 5.43. The third-order valence-corrected chi connectivity index (χ3v) is 6.08. The van der Waals surface area contributed by atoms with Crippen molar-refractivity contribution in [2.45, 2.75) is 31.2 Å². The molecule has 0 saturated heterocycles. The Labute approximate surface area is 165 Å². The highest BCUT2D eigenvalue weighted by Crippen LogP contribution is 2.41. The molecular weight excluding hydrogens is 354 g/mol. The minimum absolute atomic E-state index is 0.288. The fourth-order valence-corrected chi connectivity index (χ4v) is 4.54. The van der Waals surface area contributed by atoms with E-state index in [4.69, 9.17) is 9.72 Å². The van der Waals surface area contributed by atoms with Gasteiger partial charge in [-0.3, -0.25) is 0 Å². The highest BCUT2D eigenvalue weighted by Gasteiger charge is 2.31. The molecule has 0 bridgehead atoms. The van der Waals surface area contributed by atoms with E-state index in [1.807, 2.05) is 0 Å². The molecule has 0 N–H and O–H groups in total. The van der Waals surface area contributed by atoms with E-state index in [-0.39, 0.29) is 6.04 Å². The van der Waals surface area contributed by atoms with Crippen LogP contribution in [-0.4, -0.2) is 29.9 Å². The Balaban J connectivity index is 1.85. The van der Waals surface area contributed by atoms with Crippen molar-refractivity contribution in [2.24, 2.45) is 5.92 Å². The Kier molecular flexibility index (Phi) is 4.96. The van der Waals surface area contributed by atoms with Gasteiger partial charge in [0.2, 0.25) is 0 Å². The SMILES string of the molecule is COc1ccc2c(c1)CCN(c1ncnc3ccc(SC)cc13)C2C(C)C. The first-order chi connectivity index (χ1) is 13.1. The highest BCUT2D eigenvalue weighted by atomic mass is 32.2. The van der Waals surface area contributed by atoms with Crippen LogP contribution >= 0.6 is 11.8 Å². The molecule has 1 unspecified atom stereocenters. The van der Waals surface area contributed by atoms with Gasteiger partial charge in [-0.15, -0.1) is 11.8 Å². The number of fused-ring (bicyclic) bond motifs is 2. The topological polar surface area (TPSA) is 38.2 Å². The van der Waals surface area contributed by atoms with E-state index in [0.717, 1.165) is 35.4 Å². The highest BCUT2D eigenvalue weighted by molar-refractivity contribution is 7.98. The molecule has 0 spiro atoms. The van der Waals surface area contributed by atoms with Gasteiger partial charge in [-0.1, -0.05) is 19.9 Å². The van der Waals surface area contributed by atoms with Crippen LogP contribution in [0.3, 0.4) is 0 Å². The molecule has 5 heteroatoms. The fraction of sp³-hybridized carbons (Fsp3) is 0.364. The summed E-state index contributed by atoms with van der Waals surface area (Å²) in [4.78, 5) is 12.9. The average molecular weight is 380 g/mol. The Morgan fingerprint density at radius 2 is 2.00 bits per heavy atom. The maximum atomic E-state index is 5.43. The first-order valence-corrected chi connectivity index (χ1v) is 10.6. The standard InChI is InChI=1S/C22H25N3OS/c1-14(2)21-18-7-5-16(26-3)11-15(18)9-10-25(21)22-19-12-17(27-4)6-8-20(19)23-13-24-22/h5-8,11-14,21H,9-10H2,1-4H3. The van der Waals surface area contributed by atoms with Crippen LogP contribution in [0.15, 0.2) is 47.6 Å². The van der Waals surface area contributed by atoms with Gasteiger partial charge in [0, 0.05) is 16.8 Å². The van der Waals surface area contributed by atoms with Crippen molar-refractivity contribution in [3.8, 4) is 5.75 Å². The van der Waals surface area contributed by atoms with Crippen LogP contribution in [-0.2, 0) is 6.42 Å². The molecule has 1 aromatic heterocycles. The van der Waals surface area contributed by atoms with E-state index in [9.17, 15) is 0 Å². The van der Waals surface area contributed by atoms with Gasteiger partial charge in [0.15, 0.2) is 0 Å². The maximum Gasteiger partial charge on any atom is 0.140 e. The number of thioether (sulfide) groups is 1. The number of benzene rings is 2. The Hall–Kier alpha value is -2.27. The normalized spacial score (nSPS) is 16.6. The van der Waals surface area contributed by atoms with Crippen LogP contribution in [0.1, 0.15) is 31.0 Å². The number of hydrogen-bond acceptors (Lipinski definition) is 5. The molecular formula is C22H25N3OS. The number of hydrogen-bond donors (Lipinski definition) is 0. The van der Waals surface area contributed by atoms with Gasteiger partial charge in [0.1, 0.15) is 17.9 Å². The van der Waals surface area contributed by atoms with Crippen molar-refractivity contribution in [1.82, 2.24) is 9.97 Å². The average Bonchev–Trinajstić information content (AvgIpc) is 2.71. The summed E-state index contributed by atoms with van der Waals surface area (Å²) in [6.45, 7) is 5.51. The van der Waals surface area contributed by atoms with E-state index in [2.05, 4.69) is 66.4 Å². The summed E-state index contributed by atoms with van der Waals surface area (Å²) in [5, 5.41) is 1.13. The summed E-state index contributed by atoms with van der Waals surface area (Å²) in [5.41, 5.74) is 3.76. The zero-order valence-electron chi connectivity index (χ0n) is 16.3. The largest absolute Gasteiger partial charge is 0.497 e. The quantitative estimate of drug-likeness (QED) is 0.588. The van der Waals surface area contributed by atoms with Gasteiger partial charge in [-0.25, -0.2) is 9.97 Å². The lowest BCUT2D eigenvalue weighted by molar-refractivity contribution is 0.410. The summed E-state index contributed by atoms with van der Waals surface area (Å²) in [7, 11) is 1.73. The van der Waals surface area contributed by atoms with E-state index in [1.54, 1.807) is 25.2 Å². The summed E-state index contributed by atoms with van der Waals surface area (Å²) < 4.78 is 5.43. The van der Waals surface area contributed by atoms with Gasteiger partial charge in [-0.2, -0.15) is 0 Å². The summed E-state index contributed by atoms with van der Waals surface area (Å²) in [6.07, 6.45) is 4.78. The third kappa shape index (κ3) is 3.25. The molecule has 0 amide bonds. The van der Waals surface area contributed by atoms with Crippen LogP contribution in [0.2, 0.25) is 0 Å². The van der Waals surface area contributed by atoms with Gasteiger partial charge >= 0.3 is 0 Å². The first-order valence-electron chi connectivity index (χ1n) is 9.34. The van der Waals surface area contributed by atoms with E-state index in [1.165, 1.54) is 16.0 Å². The van der Waals surface area contributed by atoms with Gasteiger partial charge in [-0.05, 0) is 60.1 Å². The third-order valence-electron chi connectivity index (χ3n) is 5.35. The fourth-order valence-electron chi connectivity index (χ4n) is 4.10. The molecule has 1 atom stereocenters. The molecule has 1 aliphatic rings. The van der Waals surface area contributed by atoms with Crippen molar-refractivity contribution in [3.05, 3.63) is 53.9 Å². The second-order valence-corrected chi connectivity index (χ2v) is 8.16. The lowest BCUT2D eigenvalue weighted by Gasteiger charge is -2.41. The summed E-state index contributed by atoms with van der Waals surface area (Å²) in [6, 6.07) is 13.2. The number of nitrogens with zero attached hydrogens (tertiary/aromatic N) is 3. The molecule has 3 aromatic rings. The van der Waals surface area contributed by atoms with Gasteiger partial charge in [0.05, 0.1) is 18.7 Å². The van der Waals surface area contributed by atoms with Crippen LogP contribution in [0.4, 0.5) is 5.82 Å². The molecule has 0 saturated carbocycles. The Morgan fingerprint density at radius 1 is 1.15 bits per heavy atom. The van der Waals surface area contributed by atoms with Crippen molar-refractivity contribution in [1.29, 1.82) is 0 Å². The number of ether oxygens (including phenoxy) is 1. The number of aromatic nitrogens is 2. The van der Waals surface area contributed by atoms with Gasteiger partial charge < -0.3 is 9.64 Å². The first kappa shape index (κ1) is 18.1. The van der Waals surface area contributed by atoms with Crippen LogP contribution < -0.4 is 9.64 Å². The lowest BCUT2D eigenvalue weighted by Crippen LogP contribution is -2.38. The second-order valence-electron chi connectivity index (χ2n) is 7.28. The second kappa shape index (κ2) is 7.39. The van der Waals surface area contributed by atoms with E-state index < -0.39 is 0 Å². The molecule has 4 nitrogen and oxygen atoms in total. The van der Waals surface area contributed by atoms with Crippen LogP contribution in [0.5, 0.6) is 5.75 Å². The monoisotopic (exact) mass is 379 g/mol. The van der Waals surface area contributed by atoms with Crippen LogP contribution in [0.25, 0.3) is 10.9 Å². The van der Waals surface area contributed by atoms with Crippen molar-refractivity contribution < 1.29 is 4.74 Å². The number of anilines is 1. The minimum atomic E-state index is 0.288. The molecule has 0 radical (unpaired) electrons. The van der Waals surface area contributed by atoms with Crippen molar-refractivity contribution >= 4 is 28.5 Å². The van der Waals surface area contributed by atoms with E-state index in [0.29, 0.717) is 5.92 Å². The summed E-state index contributed by atoms with van der Waals surface area (Å²) in [5.74, 6) is 2.43. The number of methoxy groups -OCH3 is 1. The molecule has 0 aliphatic carbocycles. The molecule has 2 aromatic carbocycles. The molecule has 0 fully saturated rings. The molecule has 4 rings (SSSR count). The Bertz CT molecular complexity index is 973. The molecule has 2 heterocycles. The van der Waals surface area contributed by atoms with Crippen molar-refractivity contribution in [3.63, 3.8) is 0 Å². The number of rotatable bonds is 4.